The summed E-state index contributed by atoms with van der Waals surface area (Å²) in [6.07, 6.45) is 0. The lowest BCUT2D eigenvalue weighted by atomic mass is 10.2. The number of rotatable bonds is 6. The van der Waals surface area contributed by atoms with Crippen LogP contribution in [0, 0.1) is 24.0 Å². The number of amides is 1. The van der Waals surface area contributed by atoms with Crippen molar-refractivity contribution in [1.29, 1.82) is 0 Å². The summed E-state index contributed by atoms with van der Waals surface area (Å²) in [5.74, 6) is -0.447. The van der Waals surface area contributed by atoms with Crippen LogP contribution in [0.2, 0.25) is 5.02 Å². The van der Waals surface area contributed by atoms with Crippen molar-refractivity contribution in [3.8, 4) is 5.69 Å². The maximum Gasteiger partial charge on any atom is 0.271 e. The first kappa shape index (κ1) is 23.5. The summed E-state index contributed by atoms with van der Waals surface area (Å²) in [6, 6.07) is 16.5. The van der Waals surface area contributed by atoms with Crippen LogP contribution in [-0.4, -0.2) is 26.1 Å². The van der Waals surface area contributed by atoms with Gasteiger partial charge < -0.3 is 5.32 Å². The van der Waals surface area contributed by atoms with Crippen LogP contribution in [-0.2, 0) is 4.79 Å². The summed E-state index contributed by atoms with van der Waals surface area (Å²) in [7, 11) is 0. The number of nitrogens with zero attached hydrogens (tertiary/aromatic N) is 3. The second-order valence-corrected chi connectivity index (χ2v) is 8.88. The highest BCUT2D eigenvalue weighted by Crippen LogP contribution is 2.27. The molecule has 0 unspecified atom stereocenters. The van der Waals surface area contributed by atoms with Crippen molar-refractivity contribution in [3.63, 3.8) is 0 Å². The maximum absolute atomic E-state index is 13.4. The Labute approximate surface area is 203 Å². The zero-order chi connectivity index (χ0) is 24.4. The quantitative estimate of drug-likeness (QED) is 0.169. The molecule has 0 aliphatic rings. The van der Waals surface area contributed by atoms with Gasteiger partial charge in [-0.05, 0) is 49.2 Å². The van der Waals surface area contributed by atoms with Crippen molar-refractivity contribution in [2.75, 3.05) is 11.1 Å². The van der Waals surface area contributed by atoms with E-state index in [0.29, 0.717) is 43.6 Å². The number of carbonyl (C=O) groups is 1. The van der Waals surface area contributed by atoms with Crippen LogP contribution >= 0.6 is 23.4 Å². The summed E-state index contributed by atoms with van der Waals surface area (Å²) in [4.78, 5) is 41.3. The van der Waals surface area contributed by atoms with E-state index in [2.05, 4.69) is 10.3 Å². The summed E-state index contributed by atoms with van der Waals surface area (Å²) < 4.78 is 1.46. The first-order valence-corrected chi connectivity index (χ1v) is 11.6. The minimum absolute atomic E-state index is 0.0630. The number of hydrogen-bond donors (Lipinski definition) is 1. The number of hydrogen-bond acceptors (Lipinski definition) is 6. The average Bonchev–Trinajstić information content (AvgIpc) is 2.81. The molecular weight excluding hydrogens is 476 g/mol. The number of non-ortho nitro benzene ring substituents is 1. The highest BCUT2D eigenvalue weighted by molar-refractivity contribution is 7.99. The van der Waals surface area contributed by atoms with Gasteiger partial charge in [0.05, 0.1) is 33.0 Å². The first-order chi connectivity index (χ1) is 16.3. The van der Waals surface area contributed by atoms with Gasteiger partial charge >= 0.3 is 0 Å². The number of nitrogens with one attached hydrogen (secondary N) is 1. The Morgan fingerprint density at radius 1 is 1.15 bits per heavy atom. The molecule has 10 heteroatoms. The second kappa shape index (κ2) is 9.66. The number of benzene rings is 3. The van der Waals surface area contributed by atoms with E-state index < -0.39 is 4.92 Å². The highest BCUT2D eigenvalue weighted by Gasteiger charge is 2.18. The van der Waals surface area contributed by atoms with Gasteiger partial charge in [0.1, 0.15) is 0 Å². The molecule has 8 nitrogen and oxygen atoms in total. The summed E-state index contributed by atoms with van der Waals surface area (Å²) in [6.45, 7) is 3.56. The van der Waals surface area contributed by atoms with E-state index in [1.54, 1.807) is 55.5 Å². The smallest absolute Gasteiger partial charge is 0.271 e. The van der Waals surface area contributed by atoms with Crippen molar-refractivity contribution in [1.82, 2.24) is 9.55 Å². The van der Waals surface area contributed by atoms with Gasteiger partial charge in [0.2, 0.25) is 5.91 Å². The molecule has 0 saturated carbocycles. The molecule has 0 spiro atoms. The Hall–Kier alpha value is -3.69. The maximum atomic E-state index is 13.4. The predicted octanol–water partition coefficient (Wildman–Crippen LogP) is 5.29. The minimum atomic E-state index is -0.519. The average molecular weight is 495 g/mol. The number of halogens is 1. The van der Waals surface area contributed by atoms with Gasteiger partial charge in [0.15, 0.2) is 5.16 Å². The predicted molar refractivity (Wildman–Crippen MR) is 134 cm³/mol. The molecule has 172 valence electrons. The van der Waals surface area contributed by atoms with E-state index in [-0.39, 0.29) is 22.9 Å². The summed E-state index contributed by atoms with van der Waals surface area (Å²) in [5, 5.41) is 15.1. The molecule has 1 aromatic heterocycles. The normalized spacial score (nSPS) is 10.9. The van der Waals surface area contributed by atoms with Crippen molar-refractivity contribution in [2.24, 2.45) is 0 Å². The Morgan fingerprint density at radius 2 is 1.91 bits per heavy atom. The molecule has 1 N–H and O–H groups in total. The molecule has 0 atom stereocenters. The molecule has 1 heterocycles. The molecule has 0 saturated heterocycles. The van der Waals surface area contributed by atoms with E-state index in [1.807, 2.05) is 6.92 Å². The van der Waals surface area contributed by atoms with Gasteiger partial charge in [-0.25, -0.2) is 4.98 Å². The largest absolute Gasteiger partial charge is 0.325 e. The first-order valence-electron chi connectivity index (χ1n) is 10.2. The van der Waals surface area contributed by atoms with Crippen LogP contribution in [0.25, 0.3) is 16.6 Å². The van der Waals surface area contributed by atoms with E-state index in [0.717, 1.165) is 11.8 Å². The number of aryl methyl sites for hydroxylation is 1. The Bertz CT molecular complexity index is 1500. The van der Waals surface area contributed by atoms with Gasteiger partial charge in [0.25, 0.3) is 11.2 Å². The van der Waals surface area contributed by atoms with Gasteiger partial charge in [-0.2, -0.15) is 0 Å². The lowest BCUT2D eigenvalue weighted by molar-refractivity contribution is -0.384. The topological polar surface area (TPSA) is 107 Å². The Kier molecular flexibility index (Phi) is 6.67. The van der Waals surface area contributed by atoms with Gasteiger partial charge in [-0.15, -0.1) is 0 Å². The minimum Gasteiger partial charge on any atom is -0.325 e. The van der Waals surface area contributed by atoms with Crippen LogP contribution in [0.4, 0.5) is 11.4 Å². The fraction of sp³-hybridized carbons (Fsp3) is 0.125. The summed E-state index contributed by atoms with van der Waals surface area (Å²) in [5.41, 5.74) is 2.47. The van der Waals surface area contributed by atoms with Crippen LogP contribution in [0.5, 0.6) is 0 Å². The second-order valence-electron chi connectivity index (χ2n) is 7.53. The molecule has 3 aromatic carbocycles. The van der Waals surface area contributed by atoms with E-state index >= 15 is 0 Å². The van der Waals surface area contributed by atoms with E-state index in [4.69, 9.17) is 11.6 Å². The van der Waals surface area contributed by atoms with Crippen molar-refractivity contribution in [2.45, 2.75) is 19.0 Å². The molecular formula is C24H19ClN4O4S. The monoisotopic (exact) mass is 494 g/mol. The number of carbonyl (C=O) groups excluding carboxylic acids is 1. The zero-order valence-corrected chi connectivity index (χ0v) is 19.8. The lowest BCUT2D eigenvalue weighted by Gasteiger charge is -2.16. The van der Waals surface area contributed by atoms with Crippen LogP contribution in [0.1, 0.15) is 11.1 Å². The fourth-order valence-electron chi connectivity index (χ4n) is 3.43. The van der Waals surface area contributed by atoms with Gasteiger partial charge in [0, 0.05) is 17.2 Å². The fourth-order valence-corrected chi connectivity index (χ4v) is 4.41. The van der Waals surface area contributed by atoms with Crippen LogP contribution in [0.3, 0.4) is 0 Å². The van der Waals surface area contributed by atoms with Crippen molar-refractivity contribution < 1.29 is 9.72 Å². The standard InChI is InChI=1S/C24H19ClN4O4S/c1-14-10-11-16(29(32)33)12-20(14)26-22(30)13-34-24-27-19-8-4-3-6-17(19)23(31)28(24)21-9-5-7-18(25)15(21)2/h3-12H,13H2,1-2H3,(H,26,30). The molecule has 0 aliphatic carbocycles. The number of nitro benzene ring substituents is 1. The zero-order valence-electron chi connectivity index (χ0n) is 18.2. The molecule has 0 bridgehead atoms. The third-order valence-corrected chi connectivity index (χ3v) is 6.61. The SMILES string of the molecule is Cc1ccc([N+](=O)[O-])cc1NC(=O)CSc1nc2ccccc2c(=O)n1-c1cccc(Cl)c1C. The number of thioether (sulfide) groups is 1. The molecule has 0 aliphatic heterocycles. The number of para-hydroxylation sites is 1. The van der Waals surface area contributed by atoms with E-state index in [1.165, 1.54) is 16.7 Å². The number of fused-ring (bicyclic) bond motifs is 1. The highest BCUT2D eigenvalue weighted by atomic mass is 35.5. The van der Waals surface area contributed by atoms with Crippen molar-refractivity contribution in [3.05, 3.63) is 97.3 Å². The summed E-state index contributed by atoms with van der Waals surface area (Å²) >= 11 is 7.39. The molecule has 1 amide bonds. The van der Waals surface area contributed by atoms with Crippen LogP contribution < -0.4 is 10.9 Å². The number of anilines is 1. The third-order valence-electron chi connectivity index (χ3n) is 5.26. The van der Waals surface area contributed by atoms with Crippen LogP contribution in [0.15, 0.2) is 70.6 Å². The molecule has 0 radical (unpaired) electrons. The Morgan fingerprint density at radius 3 is 2.68 bits per heavy atom. The van der Waals surface area contributed by atoms with Crippen molar-refractivity contribution >= 4 is 51.5 Å². The molecule has 0 fully saturated rings. The molecule has 4 rings (SSSR count). The molecule has 34 heavy (non-hydrogen) atoms. The number of nitro groups is 1. The van der Waals surface area contributed by atoms with Gasteiger partial charge in [-0.1, -0.05) is 47.6 Å². The number of aromatic nitrogens is 2. The third kappa shape index (κ3) is 4.66. The lowest BCUT2D eigenvalue weighted by Crippen LogP contribution is -2.23. The van der Waals surface area contributed by atoms with Gasteiger partial charge in [-0.3, -0.25) is 24.3 Å². The van der Waals surface area contributed by atoms with E-state index in [9.17, 15) is 19.7 Å². The Balaban J connectivity index is 1.69. The molecule has 4 aromatic rings.